The van der Waals surface area contributed by atoms with E-state index in [0.29, 0.717) is 26.7 Å². The van der Waals surface area contributed by atoms with E-state index in [1.807, 2.05) is 30.3 Å². The molecule has 2 N–H and O–H groups in total. The van der Waals surface area contributed by atoms with Crippen molar-refractivity contribution >= 4 is 30.0 Å². The summed E-state index contributed by atoms with van der Waals surface area (Å²) in [4.78, 5) is 0. The molecule has 116 valence electrons. The van der Waals surface area contributed by atoms with Gasteiger partial charge in [-0.25, -0.2) is 5.10 Å². The molecule has 0 radical (unpaired) electrons. The van der Waals surface area contributed by atoms with Crippen LogP contribution in [0.3, 0.4) is 0 Å². The quantitative estimate of drug-likeness (QED) is 0.554. The highest BCUT2D eigenvalue weighted by atomic mass is 35.5. The van der Waals surface area contributed by atoms with Crippen LogP contribution in [0.1, 0.15) is 11.1 Å². The van der Waals surface area contributed by atoms with Gasteiger partial charge >= 0.3 is 0 Å². The molecule has 3 rings (SSSR count). The average Bonchev–Trinajstić information content (AvgIpc) is 2.91. The Bertz CT molecular complexity index is 931. The van der Waals surface area contributed by atoms with Crippen LogP contribution in [-0.4, -0.2) is 26.2 Å². The average molecular weight is 345 g/mol. The maximum Gasteiger partial charge on any atom is 0.216 e. The normalized spacial score (nSPS) is 11.2. The monoisotopic (exact) mass is 344 g/mol. The summed E-state index contributed by atoms with van der Waals surface area (Å²) >= 11 is 11.2. The van der Waals surface area contributed by atoms with E-state index in [0.717, 1.165) is 5.56 Å². The molecule has 0 aliphatic heterocycles. The van der Waals surface area contributed by atoms with Gasteiger partial charge in [0.2, 0.25) is 4.77 Å². The van der Waals surface area contributed by atoms with Gasteiger partial charge < -0.3 is 5.11 Å². The van der Waals surface area contributed by atoms with E-state index in [1.54, 1.807) is 19.1 Å². The summed E-state index contributed by atoms with van der Waals surface area (Å²) in [6.07, 6.45) is 1.51. The molecule has 0 unspecified atom stereocenters. The van der Waals surface area contributed by atoms with Crippen molar-refractivity contribution in [2.75, 3.05) is 0 Å². The summed E-state index contributed by atoms with van der Waals surface area (Å²) in [5, 5.41) is 21.9. The summed E-state index contributed by atoms with van der Waals surface area (Å²) in [6, 6.07) is 12.9. The number of aromatic nitrogens is 3. The Morgan fingerprint density at radius 2 is 2.04 bits per heavy atom. The lowest BCUT2D eigenvalue weighted by Crippen LogP contribution is -1.95. The van der Waals surface area contributed by atoms with Crippen molar-refractivity contribution in [3.8, 4) is 17.1 Å². The van der Waals surface area contributed by atoms with Gasteiger partial charge in [0.05, 0.1) is 6.21 Å². The number of aryl methyl sites for hydroxylation is 1. The number of nitrogens with one attached hydrogen (secondary N) is 1. The number of halogens is 1. The third-order valence-corrected chi connectivity index (χ3v) is 3.77. The Morgan fingerprint density at radius 3 is 2.78 bits per heavy atom. The van der Waals surface area contributed by atoms with Crippen LogP contribution in [0, 0.1) is 11.7 Å². The number of hydrogen-bond donors (Lipinski definition) is 2. The maximum absolute atomic E-state index is 10.1. The smallest absolute Gasteiger partial charge is 0.216 e. The van der Waals surface area contributed by atoms with Crippen LogP contribution >= 0.6 is 23.8 Å². The van der Waals surface area contributed by atoms with Crippen molar-refractivity contribution in [3.05, 3.63) is 63.4 Å². The Hall–Kier alpha value is -2.44. The molecule has 5 nitrogen and oxygen atoms in total. The highest BCUT2D eigenvalue weighted by Gasteiger charge is 2.08. The number of rotatable bonds is 3. The fourth-order valence-corrected chi connectivity index (χ4v) is 2.61. The number of phenols is 1. The van der Waals surface area contributed by atoms with E-state index in [4.69, 9.17) is 23.8 Å². The first-order chi connectivity index (χ1) is 11.1. The zero-order valence-corrected chi connectivity index (χ0v) is 13.8. The topological polar surface area (TPSA) is 66.2 Å². The van der Waals surface area contributed by atoms with Crippen molar-refractivity contribution < 1.29 is 5.11 Å². The molecule has 0 saturated heterocycles. The Balaban J connectivity index is 2.05. The van der Waals surface area contributed by atoms with Crippen molar-refractivity contribution in [2.24, 2.45) is 5.10 Å². The predicted octanol–water partition coefficient (Wildman–Crippen LogP) is 4.16. The molecule has 23 heavy (non-hydrogen) atoms. The van der Waals surface area contributed by atoms with Gasteiger partial charge in [-0.1, -0.05) is 41.9 Å². The van der Waals surface area contributed by atoms with E-state index in [2.05, 4.69) is 15.3 Å². The fourth-order valence-electron chi connectivity index (χ4n) is 2.15. The lowest BCUT2D eigenvalue weighted by atomic mass is 10.1. The van der Waals surface area contributed by atoms with E-state index >= 15 is 0 Å². The molecule has 0 saturated carbocycles. The molecule has 3 aromatic rings. The minimum Gasteiger partial charge on any atom is -0.507 e. The third kappa shape index (κ3) is 3.18. The maximum atomic E-state index is 10.1. The second-order valence-corrected chi connectivity index (χ2v) is 5.76. The van der Waals surface area contributed by atoms with Crippen molar-refractivity contribution in [1.82, 2.24) is 14.9 Å². The number of aromatic amines is 1. The minimum absolute atomic E-state index is 0.134. The first-order valence-electron chi connectivity index (χ1n) is 6.82. The number of H-pyrrole nitrogens is 1. The Labute approximate surface area is 142 Å². The zero-order chi connectivity index (χ0) is 16.4. The zero-order valence-electron chi connectivity index (χ0n) is 12.2. The molecular weight excluding hydrogens is 332 g/mol. The van der Waals surface area contributed by atoms with Gasteiger partial charge in [-0.15, -0.1) is 0 Å². The molecule has 7 heteroatoms. The summed E-state index contributed by atoms with van der Waals surface area (Å²) < 4.78 is 1.86. The number of phenolic OH excluding ortho intramolecular Hbond substituents is 1. The van der Waals surface area contributed by atoms with Gasteiger partial charge in [-0.3, -0.25) is 0 Å². The molecule has 1 heterocycles. The van der Waals surface area contributed by atoms with Crippen LogP contribution in [-0.2, 0) is 0 Å². The Morgan fingerprint density at radius 1 is 1.30 bits per heavy atom. The number of hydrogen-bond acceptors (Lipinski definition) is 4. The second-order valence-electron chi connectivity index (χ2n) is 4.94. The first kappa shape index (κ1) is 15.5. The molecule has 0 spiro atoms. The molecular formula is C16H13ClN4OS. The van der Waals surface area contributed by atoms with E-state index in [-0.39, 0.29) is 5.75 Å². The Kier molecular flexibility index (Phi) is 4.27. The predicted molar refractivity (Wildman–Crippen MR) is 93.7 cm³/mol. The third-order valence-electron chi connectivity index (χ3n) is 3.29. The van der Waals surface area contributed by atoms with Crippen LogP contribution in [0.15, 0.2) is 47.6 Å². The molecule has 0 aliphatic rings. The molecule has 0 aliphatic carbocycles. The lowest BCUT2D eigenvalue weighted by molar-refractivity contribution is 0.470. The molecule has 0 atom stereocenters. The van der Waals surface area contributed by atoms with E-state index < -0.39 is 0 Å². The van der Waals surface area contributed by atoms with Crippen molar-refractivity contribution in [1.29, 1.82) is 0 Å². The first-order valence-corrected chi connectivity index (χ1v) is 7.61. The van der Waals surface area contributed by atoms with Gasteiger partial charge in [0, 0.05) is 16.1 Å². The van der Waals surface area contributed by atoms with Gasteiger partial charge in [-0.05, 0) is 36.8 Å². The molecule has 2 aromatic carbocycles. The van der Waals surface area contributed by atoms with Crippen LogP contribution in [0.25, 0.3) is 11.4 Å². The molecule has 0 amide bonds. The van der Waals surface area contributed by atoms with E-state index in [9.17, 15) is 5.11 Å². The largest absolute Gasteiger partial charge is 0.507 e. The van der Waals surface area contributed by atoms with Gasteiger partial charge in [-0.2, -0.15) is 14.9 Å². The highest BCUT2D eigenvalue weighted by Crippen LogP contribution is 2.25. The van der Waals surface area contributed by atoms with Crippen molar-refractivity contribution in [2.45, 2.75) is 6.92 Å². The van der Waals surface area contributed by atoms with Crippen LogP contribution in [0.5, 0.6) is 5.75 Å². The van der Waals surface area contributed by atoms with Crippen LogP contribution in [0.4, 0.5) is 0 Å². The van der Waals surface area contributed by atoms with Crippen LogP contribution < -0.4 is 0 Å². The SMILES string of the molecule is Cc1cc(Cl)cc(/C=N/n2c(-c3ccccc3)n[nH]c2=S)c1O. The van der Waals surface area contributed by atoms with Gasteiger partial charge in [0.25, 0.3) is 0 Å². The number of nitrogens with zero attached hydrogens (tertiary/aromatic N) is 3. The number of benzene rings is 2. The summed E-state index contributed by atoms with van der Waals surface area (Å²) in [5.41, 5.74) is 2.07. The van der Waals surface area contributed by atoms with Gasteiger partial charge in [0.15, 0.2) is 5.82 Å². The minimum atomic E-state index is 0.134. The fraction of sp³-hybridized carbons (Fsp3) is 0.0625. The molecule has 0 fully saturated rings. The second kappa shape index (κ2) is 6.36. The summed E-state index contributed by atoms with van der Waals surface area (Å²) in [7, 11) is 0. The number of aromatic hydroxyl groups is 1. The summed E-state index contributed by atoms with van der Waals surface area (Å²) in [6.45, 7) is 1.78. The van der Waals surface area contributed by atoms with Crippen LogP contribution in [0.2, 0.25) is 5.02 Å². The van der Waals surface area contributed by atoms with Crippen molar-refractivity contribution in [3.63, 3.8) is 0 Å². The summed E-state index contributed by atoms with van der Waals surface area (Å²) in [5.74, 6) is 0.722. The van der Waals surface area contributed by atoms with E-state index in [1.165, 1.54) is 10.9 Å². The highest BCUT2D eigenvalue weighted by molar-refractivity contribution is 7.71. The lowest BCUT2D eigenvalue weighted by Gasteiger charge is -2.04. The van der Waals surface area contributed by atoms with Gasteiger partial charge in [0.1, 0.15) is 5.75 Å². The standard InChI is InChI=1S/C16H13ClN4OS/c1-10-7-13(17)8-12(14(10)22)9-18-21-15(19-20-16(21)23)11-5-3-2-4-6-11/h2-9,22H,1H3,(H,20,23)/b18-9+. The molecule has 1 aromatic heterocycles. The molecule has 0 bridgehead atoms.